The van der Waals surface area contributed by atoms with Gasteiger partial charge >= 0.3 is 5.69 Å². The molecular weight excluding hydrogens is 436 g/mol. The van der Waals surface area contributed by atoms with Crippen molar-refractivity contribution in [2.24, 2.45) is 0 Å². The molecule has 2 aromatic carbocycles. The Kier molecular flexibility index (Phi) is 5.86. The van der Waals surface area contributed by atoms with Gasteiger partial charge in [0.2, 0.25) is 11.6 Å². The van der Waals surface area contributed by atoms with E-state index in [0.29, 0.717) is 31.5 Å². The summed E-state index contributed by atoms with van der Waals surface area (Å²) in [6.07, 6.45) is 1.17. The Balaban J connectivity index is 2.00. The molecule has 7 nitrogen and oxygen atoms in total. The lowest BCUT2D eigenvalue weighted by molar-refractivity contribution is -0.383. The van der Waals surface area contributed by atoms with Crippen molar-refractivity contribution in [1.82, 2.24) is 9.97 Å². The maximum absolute atomic E-state index is 11.6. The van der Waals surface area contributed by atoms with E-state index in [2.05, 4.69) is 20.6 Å². The molecule has 2 N–H and O–H groups in total. The number of halogens is 4. The van der Waals surface area contributed by atoms with E-state index in [1.54, 1.807) is 24.3 Å². The fraction of sp³-hybridized carbons (Fsp3) is 0. The van der Waals surface area contributed by atoms with Crippen LogP contribution in [0.3, 0.4) is 0 Å². The highest BCUT2D eigenvalue weighted by Gasteiger charge is 2.24. The lowest BCUT2D eigenvalue weighted by Gasteiger charge is -2.11. The summed E-state index contributed by atoms with van der Waals surface area (Å²) in [7, 11) is 0. The van der Waals surface area contributed by atoms with Gasteiger partial charge in [0.05, 0.1) is 25.7 Å². The molecule has 0 amide bonds. The van der Waals surface area contributed by atoms with E-state index in [-0.39, 0.29) is 17.3 Å². The molecule has 27 heavy (non-hydrogen) atoms. The summed E-state index contributed by atoms with van der Waals surface area (Å²) in [4.78, 5) is 18.9. The monoisotopic (exact) mass is 443 g/mol. The van der Waals surface area contributed by atoms with Crippen LogP contribution in [0.5, 0.6) is 0 Å². The lowest BCUT2D eigenvalue weighted by Crippen LogP contribution is -2.05. The smallest absolute Gasteiger partial charge is 0.334 e. The second-order valence-corrected chi connectivity index (χ2v) is 6.84. The Hall–Kier alpha value is -2.32. The number of anilines is 4. The van der Waals surface area contributed by atoms with Crippen LogP contribution in [0, 0.1) is 10.1 Å². The Morgan fingerprint density at radius 1 is 0.852 bits per heavy atom. The standard InChI is InChI=1S/C16H9Cl4N5O2/c17-8-1-3-11(19)13(5-8)24-16-14(25(26)27)15(21-7-22-16)23-9-2-4-10(18)12(20)6-9/h1-7H,(H2,21,22,23,24). The van der Waals surface area contributed by atoms with Crippen LogP contribution in [0.15, 0.2) is 42.7 Å². The predicted molar refractivity (Wildman–Crippen MR) is 108 cm³/mol. The van der Waals surface area contributed by atoms with E-state index in [0.717, 1.165) is 0 Å². The van der Waals surface area contributed by atoms with Crippen LogP contribution in [-0.4, -0.2) is 14.9 Å². The van der Waals surface area contributed by atoms with Crippen molar-refractivity contribution in [2.75, 3.05) is 10.6 Å². The van der Waals surface area contributed by atoms with Crippen molar-refractivity contribution in [1.29, 1.82) is 0 Å². The van der Waals surface area contributed by atoms with Gasteiger partial charge in [0, 0.05) is 10.7 Å². The van der Waals surface area contributed by atoms with Crippen molar-refractivity contribution in [2.45, 2.75) is 0 Å². The van der Waals surface area contributed by atoms with Crippen LogP contribution in [-0.2, 0) is 0 Å². The fourth-order valence-electron chi connectivity index (χ4n) is 2.17. The maximum atomic E-state index is 11.6. The van der Waals surface area contributed by atoms with E-state index in [9.17, 15) is 10.1 Å². The number of aromatic nitrogens is 2. The minimum atomic E-state index is -0.610. The Morgan fingerprint density at radius 3 is 2.19 bits per heavy atom. The average molecular weight is 445 g/mol. The largest absolute Gasteiger partial charge is 0.353 e. The number of hydrogen-bond acceptors (Lipinski definition) is 6. The predicted octanol–water partition coefficient (Wildman–Crippen LogP) is 6.49. The SMILES string of the molecule is O=[N+]([O-])c1c(Nc2ccc(Cl)c(Cl)c2)ncnc1Nc1cc(Cl)ccc1Cl. The number of hydrogen-bond donors (Lipinski definition) is 2. The highest BCUT2D eigenvalue weighted by atomic mass is 35.5. The van der Waals surface area contributed by atoms with Gasteiger partial charge in [0.25, 0.3) is 0 Å². The summed E-state index contributed by atoms with van der Waals surface area (Å²) in [5, 5.41) is 18.7. The summed E-state index contributed by atoms with van der Waals surface area (Å²) >= 11 is 23.9. The van der Waals surface area contributed by atoms with E-state index in [4.69, 9.17) is 46.4 Å². The van der Waals surface area contributed by atoms with Gasteiger partial charge < -0.3 is 10.6 Å². The summed E-state index contributed by atoms with van der Waals surface area (Å²) in [5.74, 6) is -0.0873. The minimum absolute atomic E-state index is 0.0333. The van der Waals surface area contributed by atoms with Crippen LogP contribution < -0.4 is 10.6 Å². The second kappa shape index (κ2) is 8.14. The zero-order valence-corrected chi connectivity index (χ0v) is 16.2. The fourth-order valence-corrected chi connectivity index (χ4v) is 2.80. The molecule has 0 aliphatic carbocycles. The van der Waals surface area contributed by atoms with Crippen molar-refractivity contribution >= 4 is 75.1 Å². The van der Waals surface area contributed by atoms with Gasteiger partial charge in [-0.2, -0.15) is 0 Å². The normalized spacial score (nSPS) is 10.5. The summed E-state index contributed by atoms with van der Waals surface area (Å²) in [6, 6.07) is 9.39. The molecule has 0 unspecified atom stereocenters. The maximum Gasteiger partial charge on any atom is 0.353 e. The highest BCUT2D eigenvalue weighted by molar-refractivity contribution is 6.42. The van der Waals surface area contributed by atoms with Crippen molar-refractivity contribution in [3.05, 3.63) is 72.9 Å². The van der Waals surface area contributed by atoms with E-state index in [1.807, 2.05) is 0 Å². The summed E-state index contributed by atoms with van der Waals surface area (Å²) in [6.45, 7) is 0. The van der Waals surface area contributed by atoms with Crippen LogP contribution in [0.4, 0.5) is 28.7 Å². The quantitative estimate of drug-likeness (QED) is 0.345. The molecule has 0 fully saturated rings. The molecule has 138 valence electrons. The third-order valence-corrected chi connectivity index (χ3v) is 4.67. The molecule has 0 radical (unpaired) electrons. The minimum Gasteiger partial charge on any atom is -0.334 e. The molecule has 11 heteroatoms. The lowest BCUT2D eigenvalue weighted by atomic mass is 10.3. The summed E-state index contributed by atoms with van der Waals surface area (Å²) in [5.41, 5.74) is 0.462. The molecule has 1 heterocycles. The van der Waals surface area contributed by atoms with Gasteiger partial charge in [0.15, 0.2) is 0 Å². The Labute approximate surface area is 173 Å². The van der Waals surface area contributed by atoms with Gasteiger partial charge in [-0.05, 0) is 36.4 Å². The van der Waals surface area contributed by atoms with Crippen LogP contribution in [0.1, 0.15) is 0 Å². The third-order valence-electron chi connectivity index (χ3n) is 3.37. The second-order valence-electron chi connectivity index (χ2n) is 5.18. The molecule has 0 atom stereocenters. The van der Waals surface area contributed by atoms with E-state index in [1.165, 1.54) is 18.5 Å². The zero-order valence-electron chi connectivity index (χ0n) is 13.2. The topological polar surface area (TPSA) is 93.0 Å². The van der Waals surface area contributed by atoms with Gasteiger partial charge in [0.1, 0.15) is 6.33 Å². The number of nitrogens with zero attached hydrogens (tertiary/aromatic N) is 3. The molecule has 0 saturated heterocycles. The molecule has 0 saturated carbocycles. The molecule has 0 aliphatic heterocycles. The first kappa shape index (κ1) is 19.4. The van der Waals surface area contributed by atoms with Crippen molar-refractivity contribution in [3.8, 4) is 0 Å². The van der Waals surface area contributed by atoms with Crippen molar-refractivity contribution in [3.63, 3.8) is 0 Å². The molecule has 1 aromatic heterocycles. The molecule has 3 rings (SSSR count). The number of nitrogens with one attached hydrogen (secondary N) is 2. The number of benzene rings is 2. The van der Waals surface area contributed by atoms with Crippen LogP contribution >= 0.6 is 46.4 Å². The molecule has 3 aromatic rings. The Morgan fingerprint density at radius 2 is 1.52 bits per heavy atom. The summed E-state index contributed by atoms with van der Waals surface area (Å²) < 4.78 is 0. The number of rotatable bonds is 5. The highest BCUT2D eigenvalue weighted by Crippen LogP contribution is 2.36. The average Bonchev–Trinajstić information content (AvgIpc) is 2.61. The first-order valence-electron chi connectivity index (χ1n) is 7.28. The molecule has 0 spiro atoms. The number of nitro groups is 1. The molecular formula is C16H9Cl4N5O2. The van der Waals surface area contributed by atoms with Gasteiger partial charge in [-0.15, -0.1) is 0 Å². The van der Waals surface area contributed by atoms with Gasteiger partial charge in [-0.25, -0.2) is 9.97 Å². The van der Waals surface area contributed by atoms with Crippen LogP contribution in [0.2, 0.25) is 20.1 Å². The molecule has 0 aliphatic rings. The van der Waals surface area contributed by atoms with Crippen LogP contribution in [0.25, 0.3) is 0 Å². The Bertz CT molecular complexity index is 1030. The van der Waals surface area contributed by atoms with E-state index < -0.39 is 4.92 Å². The molecule has 0 bridgehead atoms. The van der Waals surface area contributed by atoms with E-state index >= 15 is 0 Å². The zero-order chi connectivity index (χ0) is 19.6. The van der Waals surface area contributed by atoms with Crippen molar-refractivity contribution < 1.29 is 4.92 Å². The van der Waals surface area contributed by atoms with Gasteiger partial charge in [-0.1, -0.05) is 46.4 Å². The first-order valence-corrected chi connectivity index (χ1v) is 8.80. The first-order chi connectivity index (χ1) is 12.8. The third kappa shape index (κ3) is 4.51. The van der Waals surface area contributed by atoms with Gasteiger partial charge in [-0.3, -0.25) is 10.1 Å².